The minimum Gasteiger partial charge on any atom is -0.383 e. The van der Waals surface area contributed by atoms with Crippen LogP contribution in [0.2, 0.25) is 0 Å². The fraction of sp³-hybridized carbons (Fsp3) is 0.643. The van der Waals surface area contributed by atoms with Crippen LogP contribution in [0, 0.1) is 0 Å². The number of hydrogen-bond acceptors (Lipinski definition) is 4. The highest BCUT2D eigenvalue weighted by Crippen LogP contribution is 2.18. The Balaban J connectivity index is 1.89. The minimum absolute atomic E-state index is 0.662. The van der Waals surface area contributed by atoms with Crippen LogP contribution in [0.1, 0.15) is 25.3 Å². The zero-order valence-corrected chi connectivity index (χ0v) is 11.5. The Kier molecular flexibility index (Phi) is 4.55. The molecule has 0 saturated carbocycles. The number of hydrogen-bond donors (Lipinski definition) is 1. The molecule has 1 saturated heterocycles. The molecule has 1 fully saturated rings. The van der Waals surface area contributed by atoms with Crippen LogP contribution in [0.3, 0.4) is 0 Å². The number of pyridine rings is 1. The number of piperidine rings is 1. The van der Waals surface area contributed by atoms with E-state index in [0.717, 1.165) is 12.1 Å². The van der Waals surface area contributed by atoms with Crippen molar-refractivity contribution in [2.75, 3.05) is 32.4 Å². The van der Waals surface area contributed by atoms with Gasteiger partial charge in [0.15, 0.2) is 0 Å². The third-order valence-corrected chi connectivity index (χ3v) is 3.97. The maximum atomic E-state index is 5.90. The summed E-state index contributed by atoms with van der Waals surface area (Å²) in [5, 5.41) is 0. The Hall–Kier alpha value is -1.13. The molecule has 0 aliphatic carbocycles. The van der Waals surface area contributed by atoms with Gasteiger partial charge in [0.2, 0.25) is 0 Å². The van der Waals surface area contributed by atoms with Gasteiger partial charge in [-0.2, -0.15) is 0 Å². The zero-order valence-electron chi connectivity index (χ0n) is 11.5. The number of anilines is 1. The smallest absolute Gasteiger partial charge is 0.127 e. The SMILES string of the molecule is CCN1CCC(N(C)Cc2cccnc2N)CC1. The van der Waals surface area contributed by atoms with Gasteiger partial charge in [-0.1, -0.05) is 13.0 Å². The van der Waals surface area contributed by atoms with Gasteiger partial charge in [0.25, 0.3) is 0 Å². The molecule has 1 aromatic rings. The molecule has 2 heterocycles. The van der Waals surface area contributed by atoms with Gasteiger partial charge in [-0.15, -0.1) is 0 Å². The van der Waals surface area contributed by atoms with E-state index in [1.165, 1.54) is 32.5 Å². The monoisotopic (exact) mass is 248 g/mol. The van der Waals surface area contributed by atoms with Crippen LogP contribution in [0.5, 0.6) is 0 Å². The molecule has 0 spiro atoms. The van der Waals surface area contributed by atoms with E-state index in [1.54, 1.807) is 6.20 Å². The van der Waals surface area contributed by atoms with Gasteiger partial charge in [0, 0.05) is 24.3 Å². The predicted molar refractivity (Wildman–Crippen MR) is 75.3 cm³/mol. The van der Waals surface area contributed by atoms with Gasteiger partial charge in [-0.3, -0.25) is 4.90 Å². The maximum absolute atomic E-state index is 5.90. The highest BCUT2D eigenvalue weighted by atomic mass is 15.2. The first-order chi connectivity index (χ1) is 8.70. The second-order valence-corrected chi connectivity index (χ2v) is 5.13. The van der Waals surface area contributed by atoms with Crippen LogP contribution in [0.15, 0.2) is 18.3 Å². The lowest BCUT2D eigenvalue weighted by molar-refractivity contribution is 0.127. The first-order valence-electron chi connectivity index (χ1n) is 6.82. The van der Waals surface area contributed by atoms with E-state index in [4.69, 9.17) is 5.73 Å². The summed E-state index contributed by atoms with van der Waals surface area (Å²) in [4.78, 5) is 9.08. The number of aromatic nitrogens is 1. The van der Waals surface area contributed by atoms with E-state index in [2.05, 4.69) is 34.8 Å². The minimum atomic E-state index is 0.662. The lowest BCUT2D eigenvalue weighted by Crippen LogP contribution is -2.43. The third-order valence-electron chi connectivity index (χ3n) is 3.97. The van der Waals surface area contributed by atoms with Crippen LogP contribution in [0.25, 0.3) is 0 Å². The number of rotatable bonds is 4. The summed E-state index contributed by atoms with van der Waals surface area (Å²) in [6, 6.07) is 4.70. The van der Waals surface area contributed by atoms with Crippen LogP contribution in [-0.2, 0) is 6.54 Å². The Morgan fingerprint density at radius 3 is 2.78 bits per heavy atom. The molecule has 1 aliphatic heterocycles. The molecule has 100 valence electrons. The van der Waals surface area contributed by atoms with Crippen molar-refractivity contribution in [2.45, 2.75) is 32.4 Å². The molecule has 0 radical (unpaired) electrons. The number of nitrogens with two attached hydrogens (primary N) is 1. The van der Waals surface area contributed by atoms with Crippen LogP contribution in [-0.4, -0.2) is 47.5 Å². The largest absolute Gasteiger partial charge is 0.383 e. The third kappa shape index (κ3) is 3.21. The summed E-state index contributed by atoms with van der Waals surface area (Å²) in [5.41, 5.74) is 7.03. The number of nitrogen functional groups attached to an aromatic ring is 1. The van der Waals surface area contributed by atoms with Crippen molar-refractivity contribution in [3.8, 4) is 0 Å². The number of likely N-dealkylation sites (tertiary alicyclic amines) is 1. The van der Waals surface area contributed by atoms with E-state index in [0.29, 0.717) is 11.9 Å². The van der Waals surface area contributed by atoms with Crippen LogP contribution in [0.4, 0.5) is 5.82 Å². The van der Waals surface area contributed by atoms with Crippen LogP contribution >= 0.6 is 0 Å². The summed E-state index contributed by atoms with van der Waals surface area (Å²) in [6.45, 7) is 6.74. The molecule has 2 N–H and O–H groups in total. The highest BCUT2D eigenvalue weighted by molar-refractivity contribution is 5.38. The van der Waals surface area contributed by atoms with Crippen molar-refractivity contribution in [1.82, 2.24) is 14.8 Å². The molecular weight excluding hydrogens is 224 g/mol. The molecule has 1 aliphatic rings. The molecule has 0 amide bonds. The van der Waals surface area contributed by atoms with Gasteiger partial charge in [0.1, 0.15) is 5.82 Å². The van der Waals surface area contributed by atoms with Gasteiger partial charge in [-0.05, 0) is 45.6 Å². The zero-order chi connectivity index (χ0) is 13.0. The summed E-state index contributed by atoms with van der Waals surface area (Å²) in [6.07, 6.45) is 4.26. The summed E-state index contributed by atoms with van der Waals surface area (Å²) >= 11 is 0. The van der Waals surface area contributed by atoms with E-state index in [-0.39, 0.29) is 0 Å². The second kappa shape index (κ2) is 6.16. The standard InChI is InChI=1S/C14H24N4/c1-3-18-9-6-13(7-10-18)17(2)11-12-5-4-8-16-14(12)15/h4-5,8,13H,3,6-7,9-11H2,1-2H3,(H2,15,16). The molecule has 2 rings (SSSR count). The lowest BCUT2D eigenvalue weighted by atomic mass is 10.0. The Bertz CT molecular complexity index is 372. The lowest BCUT2D eigenvalue weighted by Gasteiger charge is -2.36. The molecule has 0 atom stereocenters. The highest BCUT2D eigenvalue weighted by Gasteiger charge is 2.21. The molecule has 4 nitrogen and oxygen atoms in total. The molecule has 18 heavy (non-hydrogen) atoms. The topological polar surface area (TPSA) is 45.4 Å². The summed E-state index contributed by atoms with van der Waals surface area (Å²) in [5.74, 6) is 0.662. The predicted octanol–water partition coefficient (Wildman–Crippen LogP) is 1.58. The van der Waals surface area contributed by atoms with Crippen molar-refractivity contribution in [2.24, 2.45) is 0 Å². The quantitative estimate of drug-likeness (QED) is 0.878. The molecule has 0 bridgehead atoms. The van der Waals surface area contributed by atoms with Crippen LogP contribution < -0.4 is 5.73 Å². The normalized spacial score (nSPS) is 18.4. The second-order valence-electron chi connectivity index (χ2n) is 5.13. The van der Waals surface area contributed by atoms with Gasteiger partial charge < -0.3 is 10.6 Å². The van der Waals surface area contributed by atoms with Crippen molar-refractivity contribution < 1.29 is 0 Å². The Morgan fingerprint density at radius 2 is 2.17 bits per heavy atom. The Labute approximate surface area is 110 Å². The fourth-order valence-electron chi connectivity index (χ4n) is 2.66. The van der Waals surface area contributed by atoms with Crippen molar-refractivity contribution in [1.29, 1.82) is 0 Å². The average Bonchev–Trinajstić information content (AvgIpc) is 2.41. The first-order valence-corrected chi connectivity index (χ1v) is 6.82. The summed E-state index contributed by atoms with van der Waals surface area (Å²) < 4.78 is 0. The van der Waals surface area contributed by atoms with E-state index in [9.17, 15) is 0 Å². The molecule has 0 aromatic carbocycles. The van der Waals surface area contributed by atoms with Gasteiger partial charge >= 0.3 is 0 Å². The maximum Gasteiger partial charge on any atom is 0.127 e. The molecule has 0 unspecified atom stereocenters. The van der Waals surface area contributed by atoms with Crippen molar-refractivity contribution >= 4 is 5.82 Å². The molecular formula is C14H24N4. The van der Waals surface area contributed by atoms with E-state index >= 15 is 0 Å². The van der Waals surface area contributed by atoms with E-state index in [1.807, 2.05) is 6.07 Å². The first kappa shape index (κ1) is 13.3. The van der Waals surface area contributed by atoms with Crippen molar-refractivity contribution in [3.05, 3.63) is 23.9 Å². The van der Waals surface area contributed by atoms with Crippen molar-refractivity contribution in [3.63, 3.8) is 0 Å². The average molecular weight is 248 g/mol. The Morgan fingerprint density at radius 1 is 1.44 bits per heavy atom. The number of nitrogens with zero attached hydrogens (tertiary/aromatic N) is 3. The van der Waals surface area contributed by atoms with Gasteiger partial charge in [-0.25, -0.2) is 4.98 Å². The molecule has 1 aromatic heterocycles. The van der Waals surface area contributed by atoms with E-state index < -0.39 is 0 Å². The fourth-order valence-corrected chi connectivity index (χ4v) is 2.66. The summed E-state index contributed by atoms with van der Waals surface area (Å²) in [7, 11) is 2.19. The van der Waals surface area contributed by atoms with Gasteiger partial charge in [0.05, 0.1) is 0 Å². The molecule has 4 heteroatoms.